The Kier molecular flexibility index (Phi) is 7.21. The summed E-state index contributed by atoms with van der Waals surface area (Å²) in [5, 5.41) is 4.12. The molecule has 130 valence electrons. The van der Waals surface area contributed by atoms with Gasteiger partial charge in [-0.15, -0.1) is 11.8 Å². The van der Waals surface area contributed by atoms with Crippen LogP contribution in [-0.4, -0.2) is 32.0 Å². The van der Waals surface area contributed by atoms with E-state index in [-0.39, 0.29) is 0 Å². The first-order valence-corrected chi connectivity index (χ1v) is 9.30. The number of benzene rings is 1. The van der Waals surface area contributed by atoms with Crippen molar-refractivity contribution in [3.63, 3.8) is 0 Å². The summed E-state index contributed by atoms with van der Waals surface area (Å²) in [6.45, 7) is 3.44. The summed E-state index contributed by atoms with van der Waals surface area (Å²) in [7, 11) is 3.39. The maximum Gasteiger partial charge on any atom is 0.132 e. The van der Waals surface area contributed by atoms with Gasteiger partial charge in [-0.1, -0.05) is 11.6 Å². The second kappa shape index (κ2) is 9.16. The van der Waals surface area contributed by atoms with Crippen LogP contribution >= 0.6 is 23.4 Å². The van der Waals surface area contributed by atoms with E-state index < -0.39 is 0 Å². The monoisotopic (exact) mass is 366 g/mol. The molecule has 0 fully saturated rings. The van der Waals surface area contributed by atoms with Crippen molar-refractivity contribution in [1.29, 1.82) is 0 Å². The fourth-order valence-corrected chi connectivity index (χ4v) is 3.36. The van der Waals surface area contributed by atoms with Crippen LogP contribution in [0.3, 0.4) is 0 Å². The van der Waals surface area contributed by atoms with E-state index in [1.807, 2.05) is 37.4 Å². The third kappa shape index (κ3) is 5.03. The summed E-state index contributed by atoms with van der Waals surface area (Å²) < 4.78 is 11.0. The summed E-state index contributed by atoms with van der Waals surface area (Å²) in [4.78, 5) is 5.54. The average Bonchev–Trinajstić information content (AvgIpc) is 2.57. The molecule has 2 aromatic rings. The topological polar surface area (TPSA) is 43.4 Å². The number of nitrogens with one attached hydrogen (secondary N) is 1. The molecule has 0 spiro atoms. The summed E-state index contributed by atoms with van der Waals surface area (Å²) in [5.74, 6) is 1.77. The van der Waals surface area contributed by atoms with Crippen LogP contribution in [0, 0.1) is 6.92 Å². The normalized spacial score (nSPS) is 10.7. The molecule has 0 unspecified atom stereocenters. The Balaban J connectivity index is 1.98. The van der Waals surface area contributed by atoms with Crippen LogP contribution in [0.25, 0.3) is 0 Å². The number of hydrogen-bond acceptors (Lipinski definition) is 5. The highest BCUT2D eigenvalue weighted by Crippen LogP contribution is 2.34. The number of aryl methyl sites for hydroxylation is 1. The molecule has 1 N–H and O–H groups in total. The second-order valence-corrected chi connectivity index (χ2v) is 6.65. The highest BCUT2D eigenvalue weighted by atomic mass is 35.5. The molecule has 4 nitrogen and oxygen atoms in total. The number of nitrogens with zero attached hydrogens (tertiary/aromatic N) is 1. The van der Waals surface area contributed by atoms with Gasteiger partial charge in [0.25, 0.3) is 0 Å². The predicted molar refractivity (Wildman–Crippen MR) is 101 cm³/mol. The second-order valence-electron chi connectivity index (χ2n) is 5.36. The van der Waals surface area contributed by atoms with E-state index in [0.717, 1.165) is 51.3 Å². The number of aromatic nitrogens is 1. The zero-order chi connectivity index (χ0) is 17.5. The third-order valence-corrected chi connectivity index (χ3v) is 4.61. The van der Waals surface area contributed by atoms with Gasteiger partial charge in [0.2, 0.25) is 0 Å². The van der Waals surface area contributed by atoms with Crippen molar-refractivity contribution in [3.05, 3.63) is 46.2 Å². The van der Waals surface area contributed by atoms with Crippen molar-refractivity contribution in [3.8, 4) is 11.5 Å². The van der Waals surface area contributed by atoms with Crippen molar-refractivity contribution in [1.82, 2.24) is 10.3 Å². The summed E-state index contributed by atoms with van der Waals surface area (Å²) >= 11 is 7.71. The Bertz CT molecular complexity index is 675. The predicted octanol–water partition coefficient (Wildman–Crippen LogP) is 4.11. The molecule has 0 aliphatic rings. The van der Waals surface area contributed by atoms with Gasteiger partial charge in [-0.05, 0) is 56.0 Å². The first-order chi connectivity index (χ1) is 11.6. The van der Waals surface area contributed by atoms with Crippen molar-refractivity contribution >= 4 is 23.4 Å². The van der Waals surface area contributed by atoms with E-state index in [0.29, 0.717) is 6.54 Å². The molecule has 2 rings (SSSR count). The molecule has 0 bridgehead atoms. The van der Waals surface area contributed by atoms with E-state index in [9.17, 15) is 0 Å². The van der Waals surface area contributed by atoms with Crippen molar-refractivity contribution in [2.45, 2.75) is 24.8 Å². The maximum atomic E-state index is 6.06. The lowest BCUT2D eigenvalue weighted by atomic mass is 10.1. The molecule has 24 heavy (non-hydrogen) atoms. The number of thioether (sulfide) groups is 1. The van der Waals surface area contributed by atoms with Gasteiger partial charge in [-0.3, -0.25) is 4.98 Å². The van der Waals surface area contributed by atoms with Crippen LogP contribution in [0.2, 0.25) is 5.02 Å². The van der Waals surface area contributed by atoms with Crippen LogP contribution in [0.4, 0.5) is 0 Å². The molecule has 1 aromatic carbocycles. The SMILES string of the molecule is COc1cc(SC)c(OC)cc1CCNCc1cc(Cl)cc(C)n1. The smallest absolute Gasteiger partial charge is 0.132 e. The molecule has 1 heterocycles. The van der Waals surface area contributed by atoms with E-state index >= 15 is 0 Å². The van der Waals surface area contributed by atoms with Gasteiger partial charge in [-0.25, -0.2) is 0 Å². The minimum atomic E-state index is 0.684. The zero-order valence-electron chi connectivity index (χ0n) is 14.5. The van der Waals surface area contributed by atoms with Crippen molar-refractivity contribution in [2.75, 3.05) is 27.0 Å². The molecule has 0 amide bonds. The Morgan fingerprint density at radius 2 is 1.88 bits per heavy atom. The lowest BCUT2D eigenvalue weighted by Crippen LogP contribution is -2.18. The van der Waals surface area contributed by atoms with Crippen molar-refractivity contribution in [2.24, 2.45) is 0 Å². The van der Waals surface area contributed by atoms with Crippen molar-refractivity contribution < 1.29 is 9.47 Å². The lowest BCUT2D eigenvalue weighted by molar-refractivity contribution is 0.390. The number of rotatable bonds is 8. The minimum absolute atomic E-state index is 0.684. The Labute approximate surface area is 152 Å². The first-order valence-electron chi connectivity index (χ1n) is 7.70. The fraction of sp³-hybridized carbons (Fsp3) is 0.389. The summed E-state index contributed by atoms with van der Waals surface area (Å²) in [6.07, 6.45) is 2.87. The number of pyridine rings is 1. The average molecular weight is 367 g/mol. The molecule has 0 radical (unpaired) electrons. The van der Waals surface area contributed by atoms with Crippen LogP contribution in [-0.2, 0) is 13.0 Å². The lowest BCUT2D eigenvalue weighted by Gasteiger charge is -2.14. The van der Waals surface area contributed by atoms with E-state index in [1.165, 1.54) is 0 Å². The Hall–Kier alpha value is -1.43. The molecule has 0 aliphatic carbocycles. The molecular weight excluding hydrogens is 344 g/mol. The van der Waals surface area contributed by atoms with Gasteiger partial charge < -0.3 is 14.8 Å². The van der Waals surface area contributed by atoms with Gasteiger partial charge in [-0.2, -0.15) is 0 Å². The van der Waals surface area contributed by atoms with Crippen LogP contribution in [0.1, 0.15) is 17.0 Å². The zero-order valence-corrected chi connectivity index (χ0v) is 16.1. The van der Waals surface area contributed by atoms with Gasteiger partial charge in [0.1, 0.15) is 11.5 Å². The van der Waals surface area contributed by atoms with E-state index in [4.69, 9.17) is 21.1 Å². The number of halogens is 1. The molecular formula is C18H23ClN2O2S. The summed E-state index contributed by atoms with van der Waals surface area (Å²) in [6, 6.07) is 7.82. The molecule has 6 heteroatoms. The molecule has 0 atom stereocenters. The minimum Gasteiger partial charge on any atom is -0.496 e. The third-order valence-electron chi connectivity index (χ3n) is 3.64. The van der Waals surface area contributed by atoms with Crippen LogP contribution in [0.5, 0.6) is 11.5 Å². The quantitative estimate of drug-likeness (QED) is 0.562. The molecule has 1 aromatic heterocycles. The number of methoxy groups -OCH3 is 2. The Morgan fingerprint density at radius 1 is 1.12 bits per heavy atom. The van der Waals surface area contributed by atoms with Gasteiger partial charge in [0.15, 0.2) is 0 Å². The van der Waals surface area contributed by atoms with Crippen LogP contribution in [0.15, 0.2) is 29.2 Å². The molecule has 0 saturated heterocycles. The maximum absolute atomic E-state index is 6.06. The summed E-state index contributed by atoms with van der Waals surface area (Å²) in [5.41, 5.74) is 3.00. The molecule has 0 aliphatic heterocycles. The fourth-order valence-electron chi connectivity index (χ4n) is 2.51. The van der Waals surface area contributed by atoms with E-state index in [2.05, 4.69) is 10.3 Å². The largest absolute Gasteiger partial charge is 0.496 e. The van der Waals surface area contributed by atoms with Gasteiger partial charge >= 0.3 is 0 Å². The number of hydrogen-bond donors (Lipinski definition) is 1. The van der Waals surface area contributed by atoms with Gasteiger partial charge in [0.05, 0.1) is 24.8 Å². The van der Waals surface area contributed by atoms with E-state index in [1.54, 1.807) is 26.0 Å². The number of ether oxygens (including phenoxy) is 2. The van der Waals surface area contributed by atoms with Crippen LogP contribution < -0.4 is 14.8 Å². The highest BCUT2D eigenvalue weighted by Gasteiger charge is 2.10. The Morgan fingerprint density at radius 3 is 2.50 bits per heavy atom. The standard InChI is InChI=1S/C18H23ClN2O2S/c1-12-7-14(19)9-15(21-12)11-20-6-5-13-8-17(23-3)18(24-4)10-16(13)22-2/h7-10,20H,5-6,11H2,1-4H3. The highest BCUT2D eigenvalue weighted by molar-refractivity contribution is 7.98. The first kappa shape index (κ1) is 18.9. The van der Waals surface area contributed by atoms with Gasteiger partial charge in [0, 0.05) is 17.3 Å². The molecule has 0 saturated carbocycles.